The van der Waals surface area contributed by atoms with Crippen molar-refractivity contribution in [3.05, 3.63) is 23.3 Å². The molecule has 2 aliphatic rings. The molecule has 2 aliphatic carbocycles. The molecule has 112 valence electrons. The Labute approximate surface area is 120 Å². The van der Waals surface area contributed by atoms with Crippen molar-refractivity contribution in [3.8, 4) is 0 Å². The van der Waals surface area contributed by atoms with E-state index in [0.717, 1.165) is 31.3 Å². The van der Waals surface area contributed by atoms with E-state index in [1.54, 1.807) is 13.2 Å². The van der Waals surface area contributed by atoms with Gasteiger partial charge in [-0.2, -0.15) is 0 Å². The van der Waals surface area contributed by atoms with Crippen molar-refractivity contribution in [1.29, 1.82) is 0 Å². The monoisotopic (exact) mass is 280 g/mol. The lowest BCUT2D eigenvalue weighted by Crippen LogP contribution is -2.37. The molecule has 0 heterocycles. The fourth-order valence-electron chi connectivity index (χ4n) is 3.43. The van der Waals surface area contributed by atoms with Crippen LogP contribution in [0.5, 0.6) is 0 Å². The van der Waals surface area contributed by atoms with Crippen molar-refractivity contribution in [2.24, 2.45) is 5.92 Å². The lowest BCUT2D eigenvalue weighted by atomic mass is 9.74. The zero-order chi connectivity index (χ0) is 14.5. The van der Waals surface area contributed by atoms with Crippen molar-refractivity contribution >= 4 is 5.97 Å². The van der Waals surface area contributed by atoms with Crippen molar-refractivity contribution in [1.82, 2.24) is 0 Å². The number of allylic oxidation sites excluding steroid dienone is 2. The first-order valence-electron chi connectivity index (χ1n) is 7.47. The molecule has 0 fully saturated rings. The van der Waals surface area contributed by atoms with Crippen LogP contribution in [0.1, 0.15) is 44.9 Å². The van der Waals surface area contributed by atoms with E-state index in [1.165, 1.54) is 24.5 Å². The standard InChI is InChI=1S/C16H24O4/c1-20-14-10-11(8-9-15(17)18)12-6-4-2-3-5-7-13(12)16(14)19/h8-9,11,14,16,19H,2-7,10H2,1H3,(H,17,18)/b9-8+. The molecular formula is C16H24O4. The second kappa shape index (κ2) is 7.04. The third-order valence-corrected chi connectivity index (χ3v) is 4.47. The number of methoxy groups -OCH3 is 1. The van der Waals surface area contributed by atoms with Gasteiger partial charge in [-0.05, 0) is 37.7 Å². The van der Waals surface area contributed by atoms with E-state index in [4.69, 9.17) is 9.84 Å². The van der Waals surface area contributed by atoms with Gasteiger partial charge in [0.15, 0.2) is 0 Å². The normalized spacial score (nSPS) is 31.8. The summed E-state index contributed by atoms with van der Waals surface area (Å²) in [6, 6.07) is 0. The minimum Gasteiger partial charge on any atom is -0.478 e. The molecule has 4 nitrogen and oxygen atoms in total. The fourth-order valence-corrected chi connectivity index (χ4v) is 3.43. The van der Waals surface area contributed by atoms with Crippen molar-refractivity contribution in [2.45, 2.75) is 57.2 Å². The van der Waals surface area contributed by atoms with Crippen LogP contribution >= 0.6 is 0 Å². The summed E-state index contributed by atoms with van der Waals surface area (Å²) in [4.78, 5) is 10.8. The average molecular weight is 280 g/mol. The minimum absolute atomic E-state index is 0.0903. The number of ether oxygens (including phenoxy) is 1. The highest BCUT2D eigenvalue weighted by Crippen LogP contribution is 2.39. The van der Waals surface area contributed by atoms with Crippen LogP contribution in [0.4, 0.5) is 0 Å². The molecule has 0 amide bonds. The first-order chi connectivity index (χ1) is 9.63. The highest BCUT2D eigenvalue weighted by molar-refractivity contribution is 5.79. The molecule has 20 heavy (non-hydrogen) atoms. The van der Waals surface area contributed by atoms with Gasteiger partial charge in [-0.1, -0.05) is 24.5 Å². The summed E-state index contributed by atoms with van der Waals surface area (Å²) in [6.45, 7) is 0. The number of hydrogen-bond acceptors (Lipinski definition) is 3. The van der Waals surface area contributed by atoms with E-state index in [-0.39, 0.29) is 12.0 Å². The van der Waals surface area contributed by atoms with Crippen LogP contribution in [0, 0.1) is 5.92 Å². The lowest BCUT2D eigenvalue weighted by Gasteiger charge is -2.37. The maximum atomic E-state index is 10.8. The first kappa shape index (κ1) is 15.3. The van der Waals surface area contributed by atoms with Gasteiger partial charge < -0.3 is 14.9 Å². The molecule has 0 aromatic carbocycles. The third kappa shape index (κ3) is 3.49. The smallest absolute Gasteiger partial charge is 0.327 e. The second-order valence-electron chi connectivity index (χ2n) is 5.72. The number of aliphatic hydroxyl groups is 1. The van der Waals surface area contributed by atoms with E-state index < -0.39 is 12.1 Å². The molecule has 0 aliphatic heterocycles. The van der Waals surface area contributed by atoms with E-state index >= 15 is 0 Å². The third-order valence-electron chi connectivity index (χ3n) is 4.47. The molecule has 0 aromatic heterocycles. The van der Waals surface area contributed by atoms with E-state index in [9.17, 15) is 9.90 Å². The summed E-state index contributed by atoms with van der Waals surface area (Å²) in [7, 11) is 1.61. The molecule has 0 spiro atoms. The van der Waals surface area contributed by atoms with Gasteiger partial charge in [-0.25, -0.2) is 4.79 Å². The molecule has 4 heteroatoms. The van der Waals surface area contributed by atoms with Crippen LogP contribution in [-0.2, 0) is 9.53 Å². The van der Waals surface area contributed by atoms with Crippen LogP contribution in [-0.4, -0.2) is 35.5 Å². The number of rotatable bonds is 3. The minimum atomic E-state index is -0.918. The summed E-state index contributed by atoms with van der Waals surface area (Å²) >= 11 is 0. The zero-order valence-corrected chi connectivity index (χ0v) is 12.0. The second-order valence-corrected chi connectivity index (χ2v) is 5.72. The largest absolute Gasteiger partial charge is 0.478 e. The highest BCUT2D eigenvalue weighted by Gasteiger charge is 2.34. The van der Waals surface area contributed by atoms with Gasteiger partial charge in [0.05, 0.1) is 6.10 Å². The number of hydrogen-bond donors (Lipinski definition) is 2. The van der Waals surface area contributed by atoms with Gasteiger partial charge in [-0.15, -0.1) is 0 Å². The Morgan fingerprint density at radius 2 is 1.85 bits per heavy atom. The lowest BCUT2D eigenvalue weighted by molar-refractivity contribution is -0.131. The number of carboxylic acid groups (broad SMARTS) is 1. The van der Waals surface area contributed by atoms with E-state index in [1.807, 2.05) is 0 Å². The maximum Gasteiger partial charge on any atom is 0.327 e. The first-order valence-corrected chi connectivity index (χ1v) is 7.47. The summed E-state index contributed by atoms with van der Waals surface area (Å²) in [6.07, 6.45) is 9.43. The molecule has 0 aromatic rings. The van der Waals surface area contributed by atoms with Crippen LogP contribution in [0.25, 0.3) is 0 Å². The summed E-state index contributed by atoms with van der Waals surface area (Å²) in [5.41, 5.74) is 2.35. The highest BCUT2D eigenvalue weighted by atomic mass is 16.5. The van der Waals surface area contributed by atoms with Crippen LogP contribution in [0.3, 0.4) is 0 Å². The molecule has 2 N–H and O–H groups in total. The Kier molecular flexibility index (Phi) is 5.38. The molecule has 0 saturated carbocycles. The Morgan fingerprint density at radius 1 is 1.20 bits per heavy atom. The fraction of sp³-hybridized carbons (Fsp3) is 0.688. The maximum absolute atomic E-state index is 10.8. The van der Waals surface area contributed by atoms with Gasteiger partial charge in [0.25, 0.3) is 0 Å². The number of aliphatic carboxylic acids is 1. The van der Waals surface area contributed by atoms with Crippen LogP contribution in [0.2, 0.25) is 0 Å². The Hall–Kier alpha value is -1.13. The molecule has 3 unspecified atom stereocenters. The SMILES string of the molecule is COC1CC(/C=C/C(=O)O)C2=C(CCCCCC2)C1O. The molecule has 0 saturated heterocycles. The molecule has 0 bridgehead atoms. The molecule has 2 rings (SSSR count). The average Bonchev–Trinajstić information content (AvgIpc) is 2.38. The number of carboxylic acids is 1. The van der Waals surface area contributed by atoms with Crippen LogP contribution in [0.15, 0.2) is 23.3 Å². The van der Waals surface area contributed by atoms with Gasteiger partial charge in [0, 0.05) is 19.1 Å². The van der Waals surface area contributed by atoms with Gasteiger partial charge in [0.2, 0.25) is 0 Å². The summed E-state index contributed by atoms with van der Waals surface area (Å²) < 4.78 is 5.40. The topological polar surface area (TPSA) is 66.8 Å². The number of carbonyl (C=O) groups is 1. The quantitative estimate of drug-likeness (QED) is 0.616. The Balaban J connectivity index is 2.30. The van der Waals surface area contributed by atoms with Gasteiger partial charge in [-0.3, -0.25) is 0 Å². The summed E-state index contributed by atoms with van der Waals surface area (Å²) in [5.74, 6) is -0.828. The van der Waals surface area contributed by atoms with Gasteiger partial charge >= 0.3 is 5.97 Å². The predicted octanol–water partition coefficient (Wildman–Crippen LogP) is 2.67. The van der Waals surface area contributed by atoms with Crippen molar-refractivity contribution < 1.29 is 19.7 Å². The number of aliphatic hydroxyl groups excluding tert-OH is 1. The summed E-state index contributed by atoms with van der Waals surface area (Å²) in [5, 5.41) is 19.3. The van der Waals surface area contributed by atoms with Gasteiger partial charge in [0.1, 0.15) is 6.10 Å². The van der Waals surface area contributed by atoms with Crippen molar-refractivity contribution in [2.75, 3.05) is 7.11 Å². The molecule has 0 radical (unpaired) electrons. The van der Waals surface area contributed by atoms with Crippen molar-refractivity contribution in [3.63, 3.8) is 0 Å². The van der Waals surface area contributed by atoms with E-state index in [0.29, 0.717) is 6.42 Å². The zero-order valence-electron chi connectivity index (χ0n) is 12.0. The molecular weight excluding hydrogens is 256 g/mol. The predicted molar refractivity (Wildman–Crippen MR) is 76.4 cm³/mol. The van der Waals surface area contributed by atoms with Crippen LogP contribution < -0.4 is 0 Å². The van der Waals surface area contributed by atoms with E-state index in [2.05, 4.69) is 0 Å². The Bertz CT molecular complexity index is 411. The molecule has 3 atom stereocenters. The Morgan fingerprint density at radius 3 is 2.45 bits per heavy atom.